The lowest BCUT2D eigenvalue weighted by molar-refractivity contribution is 0.586. The molecule has 3 heterocycles. The molecule has 0 bridgehead atoms. The van der Waals surface area contributed by atoms with Gasteiger partial charge >= 0.3 is 0 Å². The van der Waals surface area contributed by atoms with Gasteiger partial charge in [0.25, 0.3) is 5.56 Å². The van der Waals surface area contributed by atoms with Crippen LogP contribution in [0.15, 0.2) is 69.3 Å². The van der Waals surface area contributed by atoms with E-state index in [2.05, 4.69) is 4.98 Å². The zero-order chi connectivity index (χ0) is 20.8. The molecule has 0 aliphatic heterocycles. The van der Waals surface area contributed by atoms with Crippen molar-refractivity contribution in [3.05, 3.63) is 76.1 Å². The highest BCUT2D eigenvalue weighted by Gasteiger charge is 2.23. The number of fused-ring (bicyclic) bond motifs is 2. The van der Waals surface area contributed by atoms with Gasteiger partial charge in [0.05, 0.1) is 10.3 Å². The maximum atomic E-state index is 13.2. The Hall–Kier alpha value is -3.26. The number of hydrogen-bond acceptors (Lipinski definition) is 5. The van der Waals surface area contributed by atoms with Crippen LogP contribution in [-0.2, 0) is 16.4 Å². The minimum absolute atomic E-state index is 0.0839. The van der Waals surface area contributed by atoms with Crippen molar-refractivity contribution in [3.63, 3.8) is 0 Å². The summed E-state index contributed by atoms with van der Waals surface area (Å²) in [6.07, 6.45) is 2.34. The second-order valence-corrected chi connectivity index (χ2v) is 8.83. The first kappa shape index (κ1) is 19.1. The smallest absolute Gasteiger partial charge is 0.267 e. The lowest BCUT2D eigenvalue weighted by Crippen LogP contribution is -2.30. The van der Waals surface area contributed by atoms with Gasteiger partial charge in [0.1, 0.15) is 21.7 Å². The molecular weight excluding hydrogens is 388 g/mol. The van der Waals surface area contributed by atoms with Crippen molar-refractivity contribution in [3.8, 4) is 0 Å². The lowest BCUT2D eigenvalue weighted by atomic mass is 10.2. The second-order valence-electron chi connectivity index (χ2n) is 6.91. The summed E-state index contributed by atoms with van der Waals surface area (Å²) in [4.78, 5) is 17.6. The molecule has 0 radical (unpaired) electrons. The fourth-order valence-corrected chi connectivity index (χ4v) is 4.80. The molecule has 0 aliphatic rings. The average Bonchev–Trinajstić information content (AvgIpc) is 2.71. The van der Waals surface area contributed by atoms with Crippen molar-refractivity contribution < 1.29 is 8.42 Å². The normalized spacial score (nSPS) is 11.9. The Morgan fingerprint density at radius 2 is 1.83 bits per heavy atom. The molecule has 1 aromatic carbocycles. The van der Waals surface area contributed by atoms with E-state index in [1.54, 1.807) is 30.5 Å². The number of hydrogen-bond donors (Lipinski definition) is 1. The van der Waals surface area contributed by atoms with Gasteiger partial charge in [-0.2, -0.15) is 0 Å². The number of aryl methyl sites for hydroxylation is 2. The van der Waals surface area contributed by atoms with Crippen molar-refractivity contribution in [2.75, 3.05) is 0 Å². The van der Waals surface area contributed by atoms with Crippen LogP contribution in [0.5, 0.6) is 0 Å². The Kier molecular flexibility index (Phi) is 4.58. The van der Waals surface area contributed by atoms with Crippen LogP contribution in [0, 0.1) is 12.3 Å². The van der Waals surface area contributed by atoms with E-state index in [1.165, 1.54) is 27.2 Å². The van der Waals surface area contributed by atoms with Gasteiger partial charge in [-0.15, -0.1) is 0 Å². The van der Waals surface area contributed by atoms with Crippen molar-refractivity contribution in [2.24, 2.45) is 0 Å². The zero-order valence-electron chi connectivity index (χ0n) is 16.1. The maximum absolute atomic E-state index is 13.2. The number of rotatable bonds is 4. The predicted molar refractivity (Wildman–Crippen MR) is 110 cm³/mol. The van der Waals surface area contributed by atoms with E-state index >= 15 is 0 Å². The van der Waals surface area contributed by atoms with Crippen molar-refractivity contribution in [2.45, 2.75) is 36.6 Å². The molecule has 0 spiro atoms. The molecule has 0 aliphatic carbocycles. The molecule has 0 saturated heterocycles. The van der Waals surface area contributed by atoms with Gasteiger partial charge in [-0.3, -0.25) is 14.6 Å². The van der Waals surface area contributed by atoms with Crippen molar-refractivity contribution in [1.82, 2.24) is 14.0 Å². The van der Waals surface area contributed by atoms with E-state index in [0.29, 0.717) is 24.3 Å². The first-order valence-corrected chi connectivity index (χ1v) is 10.7. The van der Waals surface area contributed by atoms with Gasteiger partial charge in [-0.25, -0.2) is 13.4 Å². The maximum Gasteiger partial charge on any atom is 0.267 e. The van der Waals surface area contributed by atoms with E-state index < -0.39 is 9.84 Å². The van der Waals surface area contributed by atoms with Gasteiger partial charge in [-0.05, 0) is 43.2 Å². The van der Waals surface area contributed by atoms with Gasteiger partial charge in [0, 0.05) is 12.7 Å². The van der Waals surface area contributed by atoms with Crippen LogP contribution in [0.25, 0.3) is 16.7 Å². The van der Waals surface area contributed by atoms with E-state index in [-0.39, 0.29) is 26.2 Å². The Labute approximate surface area is 167 Å². The van der Waals surface area contributed by atoms with Gasteiger partial charge in [0.2, 0.25) is 9.84 Å². The molecule has 0 amide bonds. The summed E-state index contributed by atoms with van der Waals surface area (Å²) in [5.74, 6) is 0. The van der Waals surface area contributed by atoms with E-state index in [4.69, 9.17) is 5.41 Å². The van der Waals surface area contributed by atoms with Gasteiger partial charge in [0.15, 0.2) is 0 Å². The standard InChI is InChI=1S/C21H20N4O3S/c1-3-11-24-19(22)17(29(27,28)15-7-5-4-6-8-15)12-16-20(24)23-18-10-9-14(2)13-25(18)21(16)26/h4-10,12-13,22H,3,11H2,1-2H3. The summed E-state index contributed by atoms with van der Waals surface area (Å²) in [5, 5.41) is 8.76. The molecule has 29 heavy (non-hydrogen) atoms. The van der Waals surface area contributed by atoms with E-state index in [1.807, 2.05) is 19.9 Å². The highest BCUT2D eigenvalue weighted by Crippen LogP contribution is 2.20. The van der Waals surface area contributed by atoms with Crippen LogP contribution in [-0.4, -0.2) is 22.4 Å². The minimum Gasteiger partial charge on any atom is -0.310 e. The first-order valence-electron chi connectivity index (χ1n) is 9.26. The average molecular weight is 408 g/mol. The molecule has 8 heteroatoms. The quantitative estimate of drug-likeness (QED) is 0.525. The van der Waals surface area contributed by atoms with Crippen LogP contribution in [0.3, 0.4) is 0 Å². The predicted octanol–water partition coefficient (Wildman–Crippen LogP) is 2.68. The fourth-order valence-electron chi connectivity index (χ4n) is 3.39. The summed E-state index contributed by atoms with van der Waals surface area (Å²) in [6.45, 7) is 4.17. The number of aromatic nitrogens is 3. The molecule has 148 valence electrons. The Morgan fingerprint density at radius 3 is 2.52 bits per heavy atom. The lowest BCUT2D eigenvalue weighted by Gasteiger charge is -2.14. The van der Waals surface area contributed by atoms with E-state index in [9.17, 15) is 13.2 Å². The molecule has 0 saturated carbocycles. The Bertz CT molecular complexity index is 1470. The molecule has 4 rings (SSSR count). The molecule has 0 atom stereocenters. The number of nitrogens with zero attached hydrogens (tertiary/aromatic N) is 3. The third-order valence-electron chi connectivity index (χ3n) is 4.81. The summed E-state index contributed by atoms with van der Waals surface area (Å²) < 4.78 is 29.4. The summed E-state index contributed by atoms with van der Waals surface area (Å²) in [5.41, 5.74) is 1.12. The third-order valence-corrected chi connectivity index (χ3v) is 6.59. The van der Waals surface area contributed by atoms with Crippen LogP contribution in [0.1, 0.15) is 18.9 Å². The fraction of sp³-hybridized carbons (Fsp3) is 0.190. The first-order chi connectivity index (χ1) is 13.8. The topological polar surface area (TPSA) is 97.3 Å². The monoisotopic (exact) mass is 408 g/mol. The molecular formula is C21H20N4O3S. The Balaban J connectivity index is 2.16. The number of benzene rings is 1. The van der Waals surface area contributed by atoms with Crippen LogP contribution in [0.2, 0.25) is 0 Å². The van der Waals surface area contributed by atoms with Crippen LogP contribution in [0.4, 0.5) is 0 Å². The summed E-state index contributed by atoms with van der Waals surface area (Å²) in [6, 6.07) is 12.8. The van der Waals surface area contributed by atoms with Gasteiger partial charge in [-0.1, -0.05) is 31.2 Å². The SMILES string of the molecule is CCCn1c(=N)c(S(=O)(=O)c2ccccc2)cc2c(=O)n3cc(C)ccc3nc21. The highest BCUT2D eigenvalue weighted by molar-refractivity contribution is 7.91. The van der Waals surface area contributed by atoms with Crippen LogP contribution < -0.4 is 11.0 Å². The van der Waals surface area contributed by atoms with Gasteiger partial charge < -0.3 is 4.57 Å². The Morgan fingerprint density at radius 1 is 1.10 bits per heavy atom. The molecule has 0 fully saturated rings. The molecule has 0 unspecified atom stereocenters. The summed E-state index contributed by atoms with van der Waals surface area (Å²) in [7, 11) is -3.96. The highest BCUT2D eigenvalue weighted by atomic mass is 32.2. The van der Waals surface area contributed by atoms with E-state index in [0.717, 1.165) is 5.56 Å². The van der Waals surface area contributed by atoms with Crippen molar-refractivity contribution >= 4 is 26.5 Å². The molecule has 3 aromatic heterocycles. The number of nitrogens with one attached hydrogen (secondary N) is 1. The minimum atomic E-state index is -3.96. The second kappa shape index (κ2) is 6.97. The zero-order valence-corrected chi connectivity index (χ0v) is 16.9. The largest absolute Gasteiger partial charge is 0.310 e. The molecule has 4 aromatic rings. The van der Waals surface area contributed by atoms with Crippen molar-refractivity contribution in [1.29, 1.82) is 5.41 Å². The third kappa shape index (κ3) is 3.05. The van der Waals surface area contributed by atoms with Crippen LogP contribution >= 0.6 is 0 Å². The summed E-state index contributed by atoms with van der Waals surface area (Å²) >= 11 is 0. The molecule has 1 N–H and O–H groups in total. The number of pyridine rings is 2. The number of sulfone groups is 1. The molecule has 7 nitrogen and oxygen atoms in total.